The molecule has 124 valence electrons. The summed E-state index contributed by atoms with van der Waals surface area (Å²) in [4.78, 5) is 2.52. The fourth-order valence-corrected chi connectivity index (χ4v) is 3.97. The van der Waals surface area contributed by atoms with Crippen LogP contribution in [0.2, 0.25) is 0 Å². The number of nitrogens with zero attached hydrogens (tertiary/aromatic N) is 1. The maximum absolute atomic E-state index is 9.89. The van der Waals surface area contributed by atoms with E-state index in [0.717, 1.165) is 45.6 Å². The number of hydrogen-bond donors (Lipinski definition) is 2. The van der Waals surface area contributed by atoms with Gasteiger partial charge in [-0.3, -0.25) is 0 Å². The minimum absolute atomic E-state index is 0.0454. The number of aliphatic hydroxyl groups excluding tert-OH is 1. The van der Waals surface area contributed by atoms with E-state index in [0.29, 0.717) is 12.0 Å². The lowest BCUT2D eigenvalue weighted by atomic mass is 9.78. The maximum Gasteiger partial charge on any atom is 0.0613 e. The summed E-state index contributed by atoms with van der Waals surface area (Å²) in [5, 5.41) is 13.5. The van der Waals surface area contributed by atoms with Crippen molar-refractivity contribution in [2.24, 2.45) is 5.92 Å². The second-order valence-corrected chi connectivity index (χ2v) is 7.14. The van der Waals surface area contributed by atoms with E-state index in [-0.39, 0.29) is 12.1 Å². The molecule has 1 aliphatic carbocycles. The molecule has 1 saturated carbocycles. The maximum atomic E-state index is 9.89. The largest absolute Gasteiger partial charge is 0.394 e. The summed E-state index contributed by atoms with van der Waals surface area (Å²) in [6.07, 6.45) is 8.31. The number of aliphatic hydroxyl groups is 1. The molecule has 0 aromatic rings. The number of hydrogen-bond acceptors (Lipinski definition) is 4. The van der Waals surface area contributed by atoms with Gasteiger partial charge >= 0.3 is 0 Å². The van der Waals surface area contributed by atoms with Crippen LogP contribution in [0.4, 0.5) is 0 Å². The summed E-state index contributed by atoms with van der Waals surface area (Å²) in [5.74, 6) is 0.692. The molecule has 0 bridgehead atoms. The highest BCUT2D eigenvalue weighted by molar-refractivity contribution is 4.96. The molecule has 2 N–H and O–H groups in total. The van der Waals surface area contributed by atoms with Crippen LogP contribution in [0.3, 0.4) is 0 Å². The zero-order valence-electron chi connectivity index (χ0n) is 13.9. The highest BCUT2D eigenvalue weighted by atomic mass is 16.5. The third-order valence-electron chi connectivity index (χ3n) is 5.30. The molecule has 0 aromatic heterocycles. The van der Waals surface area contributed by atoms with E-state index in [1.807, 2.05) is 0 Å². The van der Waals surface area contributed by atoms with Crippen LogP contribution in [0.25, 0.3) is 0 Å². The van der Waals surface area contributed by atoms with Crippen molar-refractivity contribution in [1.82, 2.24) is 10.2 Å². The van der Waals surface area contributed by atoms with E-state index < -0.39 is 0 Å². The zero-order valence-corrected chi connectivity index (χ0v) is 13.9. The molecule has 21 heavy (non-hydrogen) atoms. The molecule has 2 fully saturated rings. The van der Waals surface area contributed by atoms with Crippen molar-refractivity contribution < 1.29 is 9.84 Å². The molecule has 0 radical (unpaired) electrons. The van der Waals surface area contributed by atoms with E-state index in [1.54, 1.807) is 0 Å². The first-order chi connectivity index (χ1) is 10.2. The lowest BCUT2D eigenvalue weighted by molar-refractivity contribution is 0.0212. The van der Waals surface area contributed by atoms with Gasteiger partial charge < -0.3 is 20.1 Å². The molecule has 2 rings (SSSR count). The first-order valence-corrected chi connectivity index (χ1v) is 8.83. The van der Waals surface area contributed by atoms with Crippen molar-refractivity contribution in [2.75, 3.05) is 40.0 Å². The first kappa shape index (κ1) is 17.2. The standard InChI is InChI=1S/C17H34N2O2/c1-3-9-18-17(14-20)8-4-7-16(11-17)19(2)12-15-6-5-10-21-13-15/h15-16,18,20H,3-14H2,1-2H3. The SMILES string of the molecule is CCCNC1(CO)CCCC(N(C)CC2CCCOC2)C1. The summed E-state index contributed by atoms with van der Waals surface area (Å²) < 4.78 is 5.61. The van der Waals surface area contributed by atoms with Crippen LogP contribution in [0.15, 0.2) is 0 Å². The van der Waals surface area contributed by atoms with Gasteiger partial charge in [-0.15, -0.1) is 0 Å². The fourth-order valence-electron chi connectivity index (χ4n) is 3.97. The van der Waals surface area contributed by atoms with Crippen molar-refractivity contribution in [1.29, 1.82) is 0 Å². The quantitative estimate of drug-likeness (QED) is 0.755. The summed E-state index contributed by atoms with van der Waals surface area (Å²) >= 11 is 0. The predicted molar refractivity (Wildman–Crippen MR) is 86.5 cm³/mol. The zero-order chi connectivity index (χ0) is 15.1. The van der Waals surface area contributed by atoms with E-state index in [4.69, 9.17) is 4.74 Å². The molecule has 3 unspecified atom stereocenters. The van der Waals surface area contributed by atoms with Crippen LogP contribution < -0.4 is 5.32 Å². The Kier molecular flexibility index (Phi) is 6.93. The van der Waals surface area contributed by atoms with Crippen molar-refractivity contribution >= 4 is 0 Å². The van der Waals surface area contributed by atoms with Crippen LogP contribution in [-0.2, 0) is 4.74 Å². The van der Waals surface area contributed by atoms with E-state index in [2.05, 4.69) is 24.2 Å². The molecule has 0 amide bonds. The van der Waals surface area contributed by atoms with Crippen LogP contribution in [0, 0.1) is 5.92 Å². The molecule has 0 spiro atoms. The highest BCUT2D eigenvalue weighted by Gasteiger charge is 2.37. The molecule has 4 nitrogen and oxygen atoms in total. The van der Waals surface area contributed by atoms with Gasteiger partial charge in [0.05, 0.1) is 13.2 Å². The smallest absolute Gasteiger partial charge is 0.0613 e. The van der Waals surface area contributed by atoms with E-state index >= 15 is 0 Å². The van der Waals surface area contributed by atoms with Crippen molar-refractivity contribution in [3.8, 4) is 0 Å². The molecule has 0 aromatic carbocycles. The van der Waals surface area contributed by atoms with Crippen molar-refractivity contribution in [3.63, 3.8) is 0 Å². The van der Waals surface area contributed by atoms with E-state index in [9.17, 15) is 5.11 Å². The average Bonchev–Trinajstić information content (AvgIpc) is 2.54. The van der Waals surface area contributed by atoms with Gasteiger partial charge in [0.25, 0.3) is 0 Å². The Morgan fingerprint density at radius 3 is 2.86 bits per heavy atom. The molecule has 4 heteroatoms. The molecule has 1 aliphatic heterocycles. The van der Waals surface area contributed by atoms with Gasteiger partial charge in [-0.25, -0.2) is 0 Å². The van der Waals surface area contributed by atoms with Crippen molar-refractivity contribution in [2.45, 2.75) is 63.5 Å². The summed E-state index contributed by atoms with van der Waals surface area (Å²) in [5.41, 5.74) is -0.0454. The Morgan fingerprint density at radius 1 is 1.33 bits per heavy atom. The third-order valence-corrected chi connectivity index (χ3v) is 5.30. The second kappa shape index (κ2) is 8.47. The second-order valence-electron chi connectivity index (χ2n) is 7.14. The molecule has 3 atom stereocenters. The van der Waals surface area contributed by atoms with Crippen LogP contribution in [0.1, 0.15) is 51.9 Å². The minimum Gasteiger partial charge on any atom is -0.394 e. The van der Waals surface area contributed by atoms with Gasteiger partial charge in [0.1, 0.15) is 0 Å². The van der Waals surface area contributed by atoms with Crippen molar-refractivity contribution in [3.05, 3.63) is 0 Å². The normalized spacial score (nSPS) is 34.3. The van der Waals surface area contributed by atoms with Gasteiger partial charge in [0.15, 0.2) is 0 Å². The number of ether oxygens (including phenoxy) is 1. The monoisotopic (exact) mass is 298 g/mol. The molecular weight excluding hydrogens is 264 g/mol. The fraction of sp³-hybridized carbons (Fsp3) is 1.00. The summed E-state index contributed by atoms with van der Waals surface area (Å²) in [6, 6.07) is 0.595. The van der Waals surface area contributed by atoms with Gasteiger partial charge in [-0.05, 0) is 64.5 Å². The third kappa shape index (κ3) is 4.92. The van der Waals surface area contributed by atoms with Gasteiger partial charge in [0.2, 0.25) is 0 Å². The topological polar surface area (TPSA) is 44.7 Å². The Hall–Kier alpha value is -0.160. The Balaban J connectivity index is 1.86. The highest BCUT2D eigenvalue weighted by Crippen LogP contribution is 2.31. The lowest BCUT2D eigenvalue weighted by Crippen LogP contribution is -2.56. The predicted octanol–water partition coefficient (Wildman–Crippen LogP) is 2.02. The number of nitrogens with one attached hydrogen (secondary N) is 1. The average molecular weight is 298 g/mol. The molecule has 1 saturated heterocycles. The Bertz CT molecular complexity index is 295. The van der Waals surface area contributed by atoms with Gasteiger partial charge in [-0.2, -0.15) is 0 Å². The molecule has 1 heterocycles. The van der Waals surface area contributed by atoms with Crippen LogP contribution >= 0.6 is 0 Å². The van der Waals surface area contributed by atoms with E-state index in [1.165, 1.54) is 25.7 Å². The van der Waals surface area contributed by atoms with Gasteiger partial charge in [0, 0.05) is 24.7 Å². The number of rotatable bonds is 7. The summed E-state index contributed by atoms with van der Waals surface area (Å²) in [7, 11) is 2.26. The van der Waals surface area contributed by atoms with Gasteiger partial charge in [-0.1, -0.05) is 6.92 Å². The minimum atomic E-state index is -0.0454. The Labute approximate surface area is 130 Å². The van der Waals surface area contributed by atoms with Crippen LogP contribution in [-0.4, -0.2) is 61.5 Å². The summed E-state index contributed by atoms with van der Waals surface area (Å²) in [6.45, 7) is 6.47. The van der Waals surface area contributed by atoms with Crippen LogP contribution in [0.5, 0.6) is 0 Å². The lowest BCUT2D eigenvalue weighted by Gasteiger charge is -2.44. The first-order valence-electron chi connectivity index (χ1n) is 8.83. The molecular formula is C17H34N2O2. The Morgan fingerprint density at radius 2 is 2.19 bits per heavy atom. The molecule has 2 aliphatic rings.